The van der Waals surface area contributed by atoms with Gasteiger partial charge in [0.25, 0.3) is 0 Å². The standard InChI is InChI=1S/C14H24N2S/c1-12-6-3-4-9-16(12)10-8-15-13(2)14-7-5-11-17-14/h5,7,11-13,15H,3-4,6,8-10H2,1-2H3. The number of nitrogens with zero attached hydrogens (tertiary/aromatic N) is 1. The van der Waals surface area contributed by atoms with Gasteiger partial charge in [-0.05, 0) is 44.7 Å². The summed E-state index contributed by atoms with van der Waals surface area (Å²) in [7, 11) is 0. The summed E-state index contributed by atoms with van der Waals surface area (Å²) < 4.78 is 0. The summed E-state index contributed by atoms with van der Waals surface area (Å²) in [5.41, 5.74) is 0. The maximum atomic E-state index is 3.62. The number of rotatable bonds is 5. The SMILES string of the molecule is CC(NCCN1CCCCC1C)c1cccs1. The van der Waals surface area contributed by atoms with Gasteiger partial charge in [0.05, 0.1) is 0 Å². The summed E-state index contributed by atoms with van der Waals surface area (Å²) >= 11 is 1.84. The van der Waals surface area contributed by atoms with Crippen LogP contribution in [0.1, 0.15) is 44.0 Å². The fourth-order valence-corrected chi connectivity index (χ4v) is 3.31. The van der Waals surface area contributed by atoms with Crippen LogP contribution in [0.25, 0.3) is 0 Å². The third kappa shape index (κ3) is 3.80. The lowest BCUT2D eigenvalue weighted by Gasteiger charge is -2.33. The Morgan fingerprint density at radius 2 is 2.41 bits per heavy atom. The Morgan fingerprint density at radius 1 is 1.53 bits per heavy atom. The quantitative estimate of drug-likeness (QED) is 0.865. The maximum Gasteiger partial charge on any atom is 0.0386 e. The molecular weight excluding hydrogens is 228 g/mol. The van der Waals surface area contributed by atoms with E-state index in [1.54, 1.807) is 0 Å². The smallest absolute Gasteiger partial charge is 0.0386 e. The molecule has 0 bridgehead atoms. The van der Waals surface area contributed by atoms with Gasteiger partial charge in [-0.1, -0.05) is 12.5 Å². The van der Waals surface area contributed by atoms with Crippen molar-refractivity contribution >= 4 is 11.3 Å². The van der Waals surface area contributed by atoms with Gasteiger partial charge < -0.3 is 5.32 Å². The zero-order valence-electron chi connectivity index (χ0n) is 11.0. The first kappa shape index (κ1) is 13.1. The van der Waals surface area contributed by atoms with Gasteiger partial charge in [0.15, 0.2) is 0 Å². The molecule has 0 aromatic carbocycles. The van der Waals surface area contributed by atoms with Crippen molar-refractivity contribution in [3.8, 4) is 0 Å². The highest BCUT2D eigenvalue weighted by molar-refractivity contribution is 7.10. The average Bonchev–Trinajstić information content (AvgIpc) is 2.85. The molecule has 0 radical (unpaired) electrons. The second-order valence-electron chi connectivity index (χ2n) is 5.07. The molecule has 96 valence electrons. The van der Waals surface area contributed by atoms with Gasteiger partial charge in [-0.2, -0.15) is 0 Å². The van der Waals surface area contributed by atoms with E-state index in [0.717, 1.165) is 12.6 Å². The molecule has 3 heteroatoms. The van der Waals surface area contributed by atoms with E-state index in [9.17, 15) is 0 Å². The van der Waals surface area contributed by atoms with Crippen molar-refractivity contribution in [2.75, 3.05) is 19.6 Å². The van der Waals surface area contributed by atoms with Gasteiger partial charge in [0.1, 0.15) is 0 Å². The van der Waals surface area contributed by atoms with Crippen molar-refractivity contribution in [2.24, 2.45) is 0 Å². The molecule has 1 saturated heterocycles. The van der Waals surface area contributed by atoms with Crippen LogP contribution in [0.2, 0.25) is 0 Å². The summed E-state index contributed by atoms with van der Waals surface area (Å²) in [5.74, 6) is 0. The average molecular weight is 252 g/mol. The number of piperidine rings is 1. The lowest BCUT2D eigenvalue weighted by Crippen LogP contribution is -2.41. The Kier molecular flexibility index (Phi) is 5.01. The third-order valence-electron chi connectivity index (χ3n) is 3.76. The molecule has 0 spiro atoms. The van der Waals surface area contributed by atoms with Gasteiger partial charge in [0.2, 0.25) is 0 Å². The molecule has 1 N–H and O–H groups in total. The van der Waals surface area contributed by atoms with Crippen LogP contribution in [0.15, 0.2) is 17.5 Å². The largest absolute Gasteiger partial charge is 0.308 e. The summed E-state index contributed by atoms with van der Waals surface area (Å²) in [4.78, 5) is 4.06. The molecule has 1 aromatic heterocycles. The second-order valence-corrected chi connectivity index (χ2v) is 6.05. The van der Waals surface area contributed by atoms with Crippen LogP contribution in [0.4, 0.5) is 0 Å². The highest BCUT2D eigenvalue weighted by atomic mass is 32.1. The molecule has 2 heterocycles. The normalized spacial score (nSPS) is 23.8. The van der Waals surface area contributed by atoms with E-state index in [4.69, 9.17) is 0 Å². The van der Waals surface area contributed by atoms with E-state index in [1.807, 2.05) is 11.3 Å². The highest BCUT2D eigenvalue weighted by Gasteiger charge is 2.17. The van der Waals surface area contributed by atoms with E-state index in [0.29, 0.717) is 6.04 Å². The number of thiophene rings is 1. The van der Waals surface area contributed by atoms with Crippen molar-refractivity contribution in [1.29, 1.82) is 0 Å². The molecule has 0 saturated carbocycles. The molecule has 2 unspecified atom stereocenters. The molecule has 2 atom stereocenters. The minimum atomic E-state index is 0.495. The predicted octanol–water partition coefficient (Wildman–Crippen LogP) is 3.27. The van der Waals surface area contributed by atoms with E-state index in [-0.39, 0.29) is 0 Å². The fourth-order valence-electron chi connectivity index (χ4n) is 2.55. The first-order chi connectivity index (χ1) is 8.27. The molecule has 1 aliphatic rings. The number of nitrogens with one attached hydrogen (secondary N) is 1. The monoisotopic (exact) mass is 252 g/mol. The molecule has 2 rings (SSSR count). The Bertz CT molecular complexity index is 310. The fraction of sp³-hybridized carbons (Fsp3) is 0.714. The number of hydrogen-bond acceptors (Lipinski definition) is 3. The maximum absolute atomic E-state index is 3.62. The van der Waals surface area contributed by atoms with Crippen LogP contribution < -0.4 is 5.32 Å². The van der Waals surface area contributed by atoms with Crippen molar-refractivity contribution < 1.29 is 0 Å². The van der Waals surface area contributed by atoms with E-state index < -0.39 is 0 Å². The van der Waals surface area contributed by atoms with Crippen molar-refractivity contribution in [3.05, 3.63) is 22.4 Å². The van der Waals surface area contributed by atoms with Gasteiger partial charge >= 0.3 is 0 Å². The van der Waals surface area contributed by atoms with Crippen LogP contribution in [-0.4, -0.2) is 30.6 Å². The van der Waals surface area contributed by atoms with Crippen molar-refractivity contribution in [3.63, 3.8) is 0 Å². The minimum absolute atomic E-state index is 0.495. The molecule has 17 heavy (non-hydrogen) atoms. The first-order valence-corrected chi connectivity index (χ1v) is 7.66. The lowest BCUT2D eigenvalue weighted by molar-refractivity contribution is 0.160. The van der Waals surface area contributed by atoms with E-state index >= 15 is 0 Å². The van der Waals surface area contributed by atoms with Gasteiger partial charge in [-0.15, -0.1) is 11.3 Å². The van der Waals surface area contributed by atoms with Crippen LogP contribution in [-0.2, 0) is 0 Å². The van der Waals surface area contributed by atoms with Crippen LogP contribution in [0.5, 0.6) is 0 Å². The topological polar surface area (TPSA) is 15.3 Å². The number of hydrogen-bond donors (Lipinski definition) is 1. The van der Waals surface area contributed by atoms with E-state index in [2.05, 4.69) is 41.6 Å². The predicted molar refractivity (Wildman–Crippen MR) is 75.6 cm³/mol. The Hall–Kier alpha value is -0.380. The van der Waals surface area contributed by atoms with Gasteiger partial charge in [-0.3, -0.25) is 4.90 Å². The molecule has 2 nitrogen and oxygen atoms in total. The summed E-state index contributed by atoms with van der Waals surface area (Å²) in [6.45, 7) is 8.20. The van der Waals surface area contributed by atoms with Gasteiger partial charge in [-0.25, -0.2) is 0 Å². The zero-order chi connectivity index (χ0) is 12.1. The molecule has 1 aliphatic heterocycles. The summed E-state index contributed by atoms with van der Waals surface area (Å²) in [5, 5.41) is 5.77. The van der Waals surface area contributed by atoms with Crippen LogP contribution in [0.3, 0.4) is 0 Å². The third-order valence-corrected chi connectivity index (χ3v) is 4.82. The molecule has 1 fully saturated rings. The molecular formula is C14H24N2S. The van der Waals surface area contributed by atoms with Gasteiger partial charge in [0, 0.05) is 30.1 Å². The first-order valence-electron chi connectivity index (χ1n) is 6.78. The zero-order valence-corrected chi connectivity index (χ0v) is 11.8. The molecule has 0 amide bonds. The summed E-state index contributed by atoms with van der Waals surface area (Å²) in [6.07, 6.45) is 4.17. The molecule has 1 aromatic rings. The molecule has 0 aliphatic carbocycles. The Labute approximate surface area is 109 Å². The lowest BCUT2D eigenvalue weighted by atomic mass is 10.0. The number of likely N-dealkylation sites (tertiary alicyclic amines) is 1. The highest BCUT2D eigenvalue weighted by Crippen LogP contribution is 2.18. The Morgan fingerprint density at radius 3 is 3.12 bits per heavy atom. The van der Waals surface area contributed by atoms with Crippen molar-refractivity contribution in [1.82, 2.24) is 10.2 Å². The van der Waals surface area contributed by atoms with E-state index in [1.165, 1.54) is 37.2 Å². The minimum Gasteiger partial charge on any atom is -0.308 e. The summed E-state index contributed by atoms with van der Waals surface area (Å²) in [6, 6.07) is 5.62. The Balaban J connectivity index is 1.68. The second kappa shape index (κ2) is 6.53. The van der Waals surface area contributed by atoms with Crippen LogP contribution in [0, 0.1) is 0 Å². The van der Waals surface area contributed by atoms with Crippen molar-refractivity contribution in [2.45, 2.75) is 45.2 Å². The van der Waals surface area contributed by atoms with Crippen LogP contribution >= 0.6 is 11.3 Å².